The summed E-state index contributed by atoms with van der Waals surface area (Å²) in [7, 11) is 0. The number of nitrogens with zero attached hydrogens (tertiary/aromatic N) is 4. The van der Waals surface area contributed by atoms with Crippen LogP contribution in [0.3, 0.4) is 0 Å². The van der Waals surface area contributed by atoms with Gasteiger partial charge in [-0.15, -0.1) is 11.8 Å². The van der Waals surface area contributed by atoms with E-state index in [-0.39, 0.29) is 28.1 Å². The Kier molecular flexibility index (Phi) is 4.41. The number of aromatic carboxylic acids is 1. The van der Waals surface area contributed by atoms with Crippen LogP contribution in [0, 0.1) is 11.3 Å². The Balaban J connectivity index is 1.94. The molecule has 142 valence electrons. The maximum atomic E-state index is 13.1. The second kappa shape index (κ2) is 6.92. The van der Waals surface area contributed by atoms with Crippen LogP contribution in [0.2, 0.25) is 0 Å². The summed E-state index contributed by atoms with van der Waals surface area (Å²) in [5.41, 5.74) is 0.616. The molecule has 1 N–H and O–H groups in total. The lowest BCUT2D eigenvalue weighted by Gasteiger charge is -2.16. The number of carboxylic acid groups (broad SMARTS) is 1. The van der Waals surface area contributed by atoms with Gasteiger partial charge in [-0.05, 0) is 36.6 Å². The van der Waals surface area contributed by atoms with E-state index in [4.69, 9.17) is 0 Å². The molecule has 4 rings (SSSR count). The lowest BCUT2D eigenvalue weighted by molar-refractivity contribution is 0.0696. The minimum Gasteiger partial charge on any atom is -0.478 e. The zero-order valence-electron chi connectivity index (χ0n) is 15.0. The second-order valence-electron chi connectivity index (χ2n) is 6.08. The van der Waals surface area contributed by atoms with Gasteiger partial charge in [-0.25, -0.2) is 14.4 Å². The van der Waals surface area contributed by atoms with Gasteiger partial charge in [-0.1, -0.05) is 18.2 Å². The monoisotopic (exact) mass is 404 g/mol. The van der Waals surface area contributed by atoms with Crippen molar-refractivity contribution in [2.24, 2.45) is 0 Å². The number of imide groups is 1. The minimum absolute atomic E-state index is 0.0229. The molecule has 0 atom stereocenters. The van der Waals surface area contributed by atoms with Gasteiger partial charge in [0.25, 0.3) is 11.8 Å². The highest BCUT2D eigenvalue weighted by Gasteiger charge is 2.41. The summed E-state index contributed by atoms with van der Waals surface area (Å²) < 4.78 is 1.38. The number of amides is 2. The van der Waals surface area contributed by atoms with Gasteiger partial charge < -0.3 is 5.11 Å². The smallest absolute Gasteiger partial charge is 0.335 e. The van der Waals surface area contributed by atoms with Crippen LogP contribution in [0.5, 0.6) is 0 Å². The molecule has 2 aromatic carbocycles. The van der Waals surface area contributed by atoms with Gasteiger partial charge in [0.15, 0.2) is 5.82 Å². The van der Waals surface area contributed by atoms with Crippen molar-refractivity contribution >= 4 is 35.4 Å². The fraction of sp³-hybridized carbons (Fsp3) is 0.0500. The molecule has 3 aromatic rings. The van der Waals surface area contributed by atoms with Crippen molar-refractivity contribution < 1.29 is 19.5 Å². The molecule has 0 bridgehead atoms. The highest BCUT2D eigenvalue weighted by atomic mass is 32.2. The molecule has 0 spiro atoms. The quantitative estimate of drug-likeness (QED) is 0.525. The third-order valence-electron chi connectivity index (χ3n) is 4.48. The number of carbonyl (C=O) groups excluding carboxylic acids is 2. The Morgan fingerprint density at radius 3 is 2.41 bits per heavy atom. The molecular weight excluding hydrogens is 392 g/mol. The van der Waals surface area contributed by atoms with E-state index in [1.54, 1.807) is 30.5 Å². The Labute approximate surface area is 169 Å². The lowest BCUT2D eigenvalue weighted by Crippen LogP contribution is -2.32. The van der Waals surface area contributed by atoms with E-state index in [2.05, 4.69) is 5.10 Å². The first-order chi connectivity index (χ1) is 14.0. The number of carbonyl (C=O) groups is 3. The molecule has 9 heteroatoms. The van der Waals surface area contributed by atoms with Crippen molar-refractivity contribution in [3.8, 4) is 11.8 Å². The van der Waals surface area contributed by atoms with Crippen LogP contribution in [0.4, 0.5) is 5.82 Å². The molecular formula is C20H12N4O4S. The second-order valence-corrected chi connectivity index (χ2v) is 6.87. The summed E-state index contributed by atoms with van der Waals surface area (Å²) in [4.78, 5) is 38.3. The Hall–Kier alpha value is -3.90. The van der Waals surface area contributed by atoms with E-state index in [1.165, 1.54) is 34.6 Å². The lowest BCUT2D eigenvalue weighted by atomic mass is 10.1. The van der Waals surface area contributed by atoms with Crippen molar-refractivity contribution in [3.05, 3.63) is 70.8 Å². The van der Waals surface area contributed by atoms with E-state index in [0.29, 0.717) is 10.7 Å². The van der Waals surface area contributed by atoms with Crippen molar-refractivity contribution in [1.82, 2.24) is 9.78 Å². The molecule has 1 aliphatic rings. The maximum Gasteiger partial charge on any atom is 0.335 e. The number of nitriles is 1. The van der Waals surface area contributed by atoms with Crippen molar-refractivity contribution in [3.63, 3.8) is 0 Å². The highest BCUT2D eigenvalue weighted by molar-refractivity contribution is 7.98. The zero-order valence-corrected chi connectivity index (χ0v) is 15.8. The number of hydrogen-bond donors (Lipinski definition) is 1. The standard InChI is InChI=1S/C20H12N4O4S/c1-29-16-15(10-21)17(24(22-16)12-5-3-2-4-6-12)23-18(25)13-8-7-11(20(27)28)9-14(13)19(23)26/h2-9H,1H3,(H,27,28). The van der Waals surface area contributed by atoms with E-state index < -0.39 is 17.8 Å². The van der Waals surface area contributed by atoms with E-state index in [9.17, 15) is 24.8 Å². The van der Waals surface area contributed by atoms with Gasteiger partial charge in [0.05, 0.1) is 22.4 Å². The molecule has 1 aromatic heterocycles. The minimum atomic E-state index is -1.21. The molecule has 29 heavy (non-hydrogen) atoms. The van der Waals surface area contributed by atoms with Crippen LogP contribution in [0.15, 0.2) is 53.6 Å². The summed E-state index contributed by atoms with van der Waals surface area (Å²) in [5.74, 6) is -2.51. The number of carboxylic acids is 1. The SMILES string of the molecule is CSc1nn(-c2ccccc2)c(N2C(=O)c3ccc(C(=O)O)cc3C2=O)c1C#N. The average molecular weight is 404 g/mol. The van der Waals surface area contributed by atoms with Gasteiger partial charge in [-0.3, -0.25) is 9.59 Å². The molecule has 0 saturated heterocycles. The molecule has 8 nitrogen and oxygen atoms in total. The molecule has 1 aliphatic heterocycles. The Bertz CT molecular complexity index is 1230. The average Bonchev–Trinajstić information content (AvgIpc) is 3.22. The number of hydrogen-bond acceptors (Lipinski definition) is 6. The van der Waals surface area contributed by atoms with Gasteiger partial charge in [0, 0.05) is 0 Å². The number of anilines is 1. The maximum absolute atomic E-state index is 13.1. The van der Waals surface area contributed by atoms with Crippen LogP contribution < -0.4 is 4.90 Å². The first kappa shape index (κ1) is 18.5. The third-order valence-corrected chi connectivity index (χ3v) is 5.15. The highest BCUT2D eigenvalue weighted by Crippen LogP contribution is 2.36. The van der Waals surface area contributed by atoms with Crippen LogP contribution in [0.25, 0.3) is 5.69 Å². The molecule has 0 aliphatic carbocycles. The fourth-order valence-corrected chi connectivity index (χ4v) is 3.66. The van der Waals surface area contributed by atoms with E-state index in [0.717, 1.165) is 4.90 Å². The van der Waals surface area contributed by atoms with E-state index in [1.807, 2.05) is 12.1 Å². The van der Waals surface area contributed by atoms with Gasteiger partial charge in [-0.2, -0.15) is 10.4 Å². The van der Waals surface area contributed by atoms with Crippen molar-refractivity contribution in [1.29, 1.82) is 5.26 Å². The number of rotatable bonds is 4. The van der Waals surface area contributed by atoms with Gasteiger partial charge in [0.2, 0.25) is 0 Å². The number of fused-ring (bicyclic) bond motifs is 1. The fourth-order valence-electron chi connectivity index (χ4n) is 3.15. The van der Waals surface area contributed by atoms with Crippen LogP contribution in [-0.4, -0.2) is 38.9 Å². The summed E-state index contributed by atoms with van der Waals surface area (Å²) in [6, 6.07) is 14.6. The first-order valence-corrected chi connectivity index (χ1v) is 9.59. The molecule has 0 saturated carbocycles. The van der Waals surface area contributed by atoms with Crippen LogP contribution in [-0.2, 0) is 0 Å². The Morgan fingerprint density at radius 2 is 1.79 bits per heavy atom. The summed E-state index contributed by atoms with van der Waals surface area (Å²) >= 11 is 1.22. The Morgan fingerprint density at radius 1 is 1.10 bits per heavy atom. The zero-order chi connectivity index (χ0) is 20.7. The normalized spacial score (nSPS) is 12.8. The van der Waals surface area contributed by atoms with Crippen molar-refractivity contribution in [2.75, 3.05) is 11.2 Å². The first-order valence-electron chi connectivity index (χ1n) is 8.36. The van der Waals surface area contributed by atoms with Crippen LogP contribution >= 0.6 is 11.8 Å². The number of para-hydroxylation sites is 1. The summed E-state index contributed by atoms with van der Waals surface area (Å²) in [6.07, 6.45) is 1.74. The molecule has 0 fully saturated rings. The van der Waals surface area contributed by atoms with Gasteiger partial charge >= 0.3 is 5.97 Å². The van der Waals surface area contributed by atoms with Crippen molar-refractivity contribution in [2.45, 2.75) is 5.03 Å². The molecule has 0 unspecified atom stereocenters. The van der Waals surface area contributed by atoms with E-state index >= 15 is 0 Å². The topological polar surface area (TPSA) is 116 Å². The number of thioether (sulfide) groups is 1. The summed E-state index contributed by atoms with van der Waals surface area (Å²) in [6.45, 7) is 0. The molecule has 2 heterocycles. The number of aromatic nitrogens is 2. The molecule has 2 amide bonds. The predicted molar refractivity (Wildman–Crippen MR) is 105 cm³/mol. The van der Waals surface area contributed by atoms with Gasteiger partial charge in [0.1, 0.15) is 16.7 Å². The third kappa shape index (κ3) is 2.78. The van der Waals surface area contributed by atoms with Crippen LogP contribution in [0.1, 0.15) is 36.6 Å². The molecule has 0 radical (unpaired) electrons. The summed E-state index contributed by atoms with van der Waals surface area (Å²) in [5, 5.41) is 23.7. The predicted octanol–water partition coefficient (Wildman–Crippen LogP) is 2.96. The largest absolute Gasteiger partial charge is 0.478 e. The number of benzene rings is 2.